The lowest BCUT2D eigenvalue weighted by atomic mass is 9.77. The summed E-state index contributed by atoms with van der Waals surface area (Å²) in [5, 5.41) is 0. The lowest BCUT2D eigenvalue weighted by Gasteiger charge is -2.28. The summed E-state index contributed by atoms with van der Waals surface area (Å²) >= 11 is 0. The van der Waals surface area contributed by atoms with Gasteiger partial charge in [0.15, 0.2) is 0 Å². The zero-order chi connectivity index (χ0) is 13.6. The number of hydrogen-bond donors (Lipinski definition) is 0. The molecule has 20 heavy (non-hydrogen) atoms. The van der Waals surface area contributed by atoms with Crippen molar-refractivity contribution in [3.63, 3.8) is 0 Å². The van der Waals surface area contributed by atoms with E-state index in [1.807, 2.05) is 0 Å². The first-order chi connectivity index (χ1) is 9.90. The van der Waals surface area contributed by atoms with Gasteiger partial charge in [-0.3, -0.25) is 0 Å². The fraction of sp³-hybridized carbons (Fsp3) is 0.400. The zero-order valence-electron chi connectivity index (χ0n) is 12.2. The van der Waals surface area contributed by atoms with Gasteiger partial charge in [-0.15, -0.1) is 0 Å². The van der Waals surface area contributed by atoms with E-state index in [2.05, 4.69) is 60.7 Å². The molecule has 0 aliphatic heterocycles. The second kappa shape index (κ2) is 6.74. The third kappa shape index (κ3) is 3.72. The number of hydrogen-bond acceptors (Lipinski definition) is 0. The van der Waals surface area contributed by atoms with Gasteiger partial charge in [-0.25, -0.2) is 0 Å². The van der Waals surface area contributed by atoms with Crippen LogP contribution in [-0.2, 0) is 12.8 Å². The molecule has 1 saturated carbocycles. The van der Waals surface area contributed by atoms with E-state index in [1.54, 1.807) is 0 Å². The van der Waals surface area contributed by atoms with E-state index < -0.39 is 0 Å². The minimum Gasteiger partial charge on any atom is -0.0622 e. The second-order valence-electron chi connectivity index (χ2n) is 6.27. The highest BCUT2D eigenvalue weighted by Gasteiger charge is 2.21. The topological polar surface area (TPSA) is 0 Å². The highest BCUT2D eigenvalue weighted by Crippen LogP contribution is 2.32. The molecule has 0 aromatic heterocycles. The van der Waals surface area contributed by atoms with E-state index in [9.17, 15) is 0 Å². The standard InChI is InChI=1S/C20H24/c1-3-7-17(8-4-1)15-19-11-13-20(14-12-19)16-18-9-5-2-6-10-18/h1-10,19-20H,11-16H2. The largest absolute Gasteiger partial charge is 0.0622 e. The van der Waals surface area contributed by atoms with Gasteiger partial charge in [0.1, 0.15) is 0 Å². The van der Waals surface area contributed by atoms with Crippen LogP contribution < -0.4 is 0 Å². The number of rotatable bonds is 4. The molecule has 1 fully saturated rings. The predicted molar refractivity (Wildman–Crippen MR) is 85.7 cm³/mol. The molecule has 2 aromatic carbocycles. The number of benzene rings is 2. The van der Waals surface area contributed by atoms with Gasteiger partial charge in [-0.2, -0.15) is 0 Å². The summed E-state index contributed by atoms with van der Waals surface area (Å²) in [6.07, 6.45) is 8.19. The van der Waals surface area contributed by atoms with Gasteiger partial charge in [0.2, 0.25) is 0 Å². The molecule has 0 bridgehead atoms. The Kier molecular flexibility index (Phi) is 4.53. The van der Waals surface area contributed by atoms with Crippen LogP contribution in [0.3, 0.4) is 0 Å². The molecule has 0 heterocycles. The van der Waals surface area contributed by atoms with Crippen LogP contribution in [-0.4, -0.2) is 0 Å². The van der Waals surface area contributed by atoms with E-state index >= 15 is 0 Å². The van der Waals surface area contributed by atoms with Crippen LogP contribution in [0.15, 0.2) is 60.7 Å². The van der Waals surface area contributed by atoms with Crippen LogP contribution in [0, 0.1) is 11.8 Å². The van der Waals surface area contributed by atoms with Gasteiger partial charge in [0, 0.05) is 0 Å². The SMILES string of the molecule is c1ccc(CC2CCC(Cc3ccccc3)CC2)cc1. The Morgan fingerprint density at radius 3 is 1.25 bits per heavy atom. The highest BCUT2D eigenvalue weighted by atomic mass is 14.3. The summed E-state index contributed by atoms with van der Waals surface area (Å²) in [4.78, 5) is 0. The summed E-state index contributed by atoms with van der Waals surface area (Å²) in [5.74, 6) is 1.81. The molecule has 2 aromatic rings. The molecule has 0 atom stereocenters. The molecule has 0 saturated heterocycles. The van der Waals surface area contributed by atoms with E-state index in [0.29, 0.717) is 0 Å². The van der Waals surface area contributed by atoms with Crippen molar-refractivity contribution >= 4 is 0 Å². The van der Waals surface area contributed by atoms with Crippen LogP contribution >= 0.6 is 0 Å². The maximum absolute atomic E-state index is 2.27. The quantitative estimate of drug-likeness (QED) is 0.705. The van der Waals surface area contributed by atoms with Gasteiger partial charge in [0.05, 0.1) is 0 Å². The molecule has 1 aliphatic rings. The molecule has 0 amide bonds. The Hall–Kier alpha value is -1.56. The van der Waals surface area contributed by atoms with Crippen molar-refractivity contribution < 1.29 is 0 Å². The molecule has 0 nitrogen and oxygen atoms in total. The Bertz CT molecular complexity index is 443. The zero-order valence-corrected chi connectivity index (χ0v) is 12.2. The van der Waals surface area contributed by atoms with E-state index in [-0.39, 0.29) is 0 Å². The van der Waals surface area contributed by atoms with Crippen molar-refractivity contribution in [3.8, 4) is 0 Å². The Morgan fingerprint density at radius 1 is 0.550 bits per heavy atom. The van der Waals surface area contributed by atoms with Crippen LogP contribution in [0.1, 0.15) is 36.8 Å². The van der Waals surface area contributed by atoms with Crippen molar-refractivity contribution in [2.75, 3.05) is 0 Å². The van der Waals surface area contributed by atoms with Crippen LogP contribution in [0.4, 0.5) is 0 Å². The molecule has 0 unspecified atom stereocenters. The maximum atomic E-state index is 2.27. The summed E-state index contributed by atoms with van der Waals surface area (Å²) in [6.45, 7) is 0. The molecule has 3 rings (SSSR count). The summed E-state index contributed by atoms with van der Waals surface area (Å²) < 4.78 is 0. The lowest BCUT2D eigenvalue weighted by Crippen LogP contribution is -2.18. The first-order valence-electron chi connectivity index (χ1n) is 7.98. The van der Waals surface area contributed by atoms with Crippen molar-refractivity contribution in [1.29, 1.82) is 0 Å². The van der Waals surface area contributed by atoms with E-state index in [0.717, 1.165) is 11.8 Å². The molecule has 0 spiro atoms. The fourth-order valence-electron chi connectivity index (χ4n) is 3.53. The minimum atomic E-state index is 0.907. The van der Waals surface area contributed by atoms with Crippen molar-refractivity contribution in [2.24, 2.45) is 11.8 Å². The first kappa shape index (κ1) is 13.4. The average Bonchev–Trinajstić information content (AvgIpc) is 2.51. The van der Waals surface area contributed by atoms with Crippen molar-refractivity contribution in [2.45, 2.75) is 38.5 Å². The van der Waals surface area contributed by atoms with Gasteiger partial charge < -0.3 is 0 Å². The van der Waals surface area contributed by atoms with Crippen LogP contribution in [0.2, 0.25) is 0 Å². The molecule has 1 aliphatic carbocycles. The lowest BCUT2D eigenvalue weighted by molar-refractivity contribution is 0.272. The summed E-state index contributed by atoms with van der Waals surface area (Å²) in [6, 6.07) is 22.0. The van der Waals surface area contributed by atoms with Crippen molar-refractivity contribution in [1.82, 2.24) is 0 Å². The van der Waals surface area contributed by atoms with Gasteiger partial charge in [-0.1, -0.05) is 60.7 Å². The monoisotopic (exact) mass is 264 g/mol. The molecular formula is C20H24. The third-order valence-electron chi connectivity index (χ3n) is 4.70. The molecule has 0 radical (unpaired) electrons. The summed E-state index contributed by atoms with van der Waals surface area (Å²) in [7, 11) is 0. The summed E-state index contributed by atoms with van der Waals surface area (Å²) in [5.41, 5.74) is 3.03. The van der Waals surface area contributed by atoms with Crippen LogP contribution in [0.25, 0.3) is 0 Å². The molecular weight excluding hydrogens is 240 g/mol. The Morgan fingerprint density at radius 2 is 0.900 bits per heavy atom. The van der Waals surface area contributed by atoms with Crippen molar-refractivity contribution in [3.05, 3.63) is 71.8 Å². The second-order valence-corrected chi connectivity index (χ2v) is 6.27. The molecule has 0 heteroatoms. The van der Waals surface area contributed by atoms with E-state index in [4.69, 9.17) is 0 Å². The first-order valence-corrected chi connectivity index (χ1v) is 7.98. The Balaban J connectivity index is 1.47. The molecule has 0 N–H and O–H groups in total. The van der Waals surface area contributed by atoms with Gasteiger partial charge >= 0.3 is 0 Å². The van der Waals surface area contributed by atoms with Crippen LogP contribution in [0.5, 0.6) is 0 Å². The average molecular weight is 264 g/mol. The normalized spacial score (nSPS) is 22.6. The highest BCUT2D eigenvalue weighted by molar-refractivity contribution is 5.16. The maximum Gasteiger partial charge on any atom is -0.0250 e. The van der Waals surface area contributed by atoms with Gasteiger partial charge in [-0.05, 0) is 61.5 Å². The smallest absolute Gasteiger partial charge is 0.0250 e. The Labute approximate surface area is 122 Å². The fourth-order valence-corrected chi connectivity index (χ4v) is 3.53. The van der Waals surface area contributed by atoms with Gasteiger partial charge in [0.25, 0.3) is 0 Å². The van der Waals surface area contributed by atoms with E-state index in [1.165, 1.54) is 49.7 Å². The predicted octanol–water partition coefficient (Wildman–Crippen LogP) is 5.28. The third-order valence-corrected chi connectivity index (χ3v) is 4.70. The minimum absolute atomic E-state index is 0.907. The molecule has 104 valence electrons.